The zero-order chi connectivity index (χ0) is 19.1. The summed E-state index contributed by atoms with van der Waals surface area (Å²) in [6, 6.07) is 16.6. The van der Waals surface area contributed by atoms with Crippen LogP contribution in [0.2, 0.25) is 0 Å². The lowest BCUT2D eigenvalue weighted by atomic mass is 9.91. The number of carbonyl (C=O) groups is 1. The minimum absolute atomic E-state index is 0.0614. The van der Waals surface area contributed by atoms with Gasteiger partial charge in [0.15, 0.2) is 5.96 Å². The first kappa shape index (κ1) is 19.0. The van der Waals surface area contributed by atoms with Gasteiger partial charge in [-0.05, 0) is 37.5 Å². The molecule has 1 atom stereocenters. The summed E-state index contributed by atoms with van der Waals surface area (Å²) in [7, 11) is 0. The van der Waals surface area contributed by atoms with Gasteiger partial charge in [0, 0.05) is 31.1 Å². The van der Waals surface area contributed by atoms with E-state index in [-0.39, 0.29) is 11.8 Å². The van der Waals surface area contributed by atoms with Gasteiger partial charge < -0.3 is 16.0 Å². The molecule has 3 rings (SSSR count). The van der Waals surface area contributed by atoms with Crippen LogP contribution in [0.15, 0.2) is 53.5 Å². The van der Waals surface area contributed by atoms with Crippen LogP contribution in [0.25, 0.3) is 0 Å². The molecule has 5 heteroatoms. The number of carbonyl (C=O) groups excluding carboxylic acids is 1. The van der Waals surface area contributed by atoms with Crippen molar-refractivity contribution in [2.24, 2.45) is 4.99 Å². The van der Waals surface area contributed by atoms with E-state index in [4.69, 9.17) is 4.99 Å². The number of anilines is 1. The smallest absolute Gasteiger partial charge is 0.225 e. The van der Waals surface area contributed by atoms with E-state index in [1.54, 1.807) is 0 Å². The van der Waals surface area contributed by atoms with E-state index in [0.717, 1.165) is 36.7 Å². The van der Waals surface area contributed by atoms with Gasteiger partial charge in [0.05, 0.1) is 6.54 Å². The fourth-order valence-electron chi connectivity index (χ4n) is 3.40. The number of aryl methyl sites for hydroxylation is 1. The summed E-state index contributed by atoms with van der Waals surface area (Å²) >= 11 is 0. The van der Waals surface area contributed by atoms with Crippen LogP contribution in [0.5, 0.6) is 0 Å². The van der Waals surface area contributed by atoms with Gasteiger partial charge in [0.2, 0.25) is 5.91 Å². The molecule has 3 N–H and O–H groups in total. The first-order valence-corrected chi connectivity index (χ1v) is 9.62. The Morgan fingerprint density at radius 3 is 2.85 bits per heavy atom. The van der Waals surface area contributed by atoms with Crippen molar-refractivity contribution >= 4 is 17.6 Å². The lowest BCUT2D eigenvalue weighted by molar-refractivity contribution is -0.116. The second-order valence-electron chi connectivity index (χ2n) is 6.92. The quantitative estimate of drug-likeness (QED) is 0.545. The summed E-state index contributed by atoms with van der Waals surface area (Å²) < 4.78 is 0. The largest absolute Gasteiger partial charge is 0.357 e. The normalized spacial score (nSPS) is 16.4. The molecular weight excluding hydrogens is 336 g/mol. The van der Waals surface area contributed by atoms with Gasteiger partial charge in [-0.2, -0.15) is 0 Å². The van der Waals surface area contributed by atoms with Crippen LogP contribution in [-0.4, -0.2) is 31.5 Å². The van der Waals surface area contributed by atoms with Crippen molar-refractivity contribution in [2.45, 2.75) is 32.6 Å². The van der Waals surface area contributed by atoms with Crippen molar-refractivity contribution in [1.29, 1.82) is 0 Å². The lowest BCUT2D eigenvalue weighted by Gasteiger charge is -2.24. The van der Waals surface area contributed by atoms with E-state index >= 15 is 0 Å². The number of rotatable bonds is 6. The molecule has 1 aliphatic heterocycles. The molecule has 1 heterocycles. The van der Waals surface area contributed by atoms with Crippen molar-refractivity contribution in [3.63, 3.8) is 0 Å². The average Bonchev–Trinajstić information content (AvgIpc) is 2.66. The monoisotopic (exact) mass is 364 g/mol. The highest BCUT2D eigenvalue weighted by atomic mass is 16.1. The maximum absolute atomic E-state index is 12.0. The molecular formula is C22H28N4O. The number of nitrogens with zero attached hydrogens (tertiary/aromatic N) is 1. The number of fused-ring (bicyclic) bond motifs is 1. The summed E-state index contributed by atoms with van der Waals surface area (Å²) in [6.07, 6.45) is 1.42. The summed E-state index contributed by atoms with van der Waals surface area (Å²) in [5.74, 6) is 0.974. The van der Waals surface area contributed by atoms with Gasteiger partial charge in [0.25, 0.3) is 0 Å². The number of benzene rings is 2. The van der Waals surface area contributed by atoms with Gasteiger partial charge >= 0.3 is 0 Å². The van der Waals surface area contributed by atoms with E-state index in [0.29, 0.717) is 13.0 Å². The summed E-state index contributed by atoms with van der Waals surface area (Å²) in [4.78, 5) is 16.7. The second-order valence-corrected chi connectivity index (χ2v) is 6.92. The molecule has 2 aromatic rings. The van der Waals surface area contributed by atoms with Crippen LogP contribution in [0, 0.1) is 6.92 Å². The van der Waals surface area contributed by atoms with Crippen molar-refractivity contribution in [1.82, 2.24) is 10.6 Å². The standard InChI is InChI=1S/C22H28N4O/c1-3-23-22(24-12-11-17-8-6-7-16(2)13-17)25-15-18-14-21(27)26-20-10-5-4-9-19(18)20/h4-10,13,18H,3,11-12,14-15H2,1-2H3,(H,26,27)(H2,23,24,25). The maximum Gasteiger partial charge on any atom is 0.225 e. The molecule has 142 valence electrons. The number of hydrogen-bond acceptors (Lipinski definition) is 2. The van der Waals surface area contributed by atoms with Crippen molar-refractivity contribution in [3.8, 4) is 0 Å². The van der Waals surface area contributed by atoms with Crippen LogP contribution in [0.1, 0.15) is 36.0 Å². The van der Waals surface area contributed by atoms with Crippen molar-refractivity contribution in [3.05, 3.63) is 65.2 Å². The topological polar surface area (TPSA) is 65.5 Å². The van der Waals surface area contributed by atoms with Crippen molar-refractivity contribution < 1.29 is 4.79 Å². The predicted octanol–water partition coefficient (Wildman–Crippen LogP) is 3.22. The predicted molar refractivity (Wildman–Crippen MR) is 111 cm³/mol. The molecule has 5 nitrogen and oxygen atoms in total. The van der Waals surface area contributed by atoms with Gasteiger partial charge in [-0.15, -0.1) is 0 Å². The summed E-state index contributed by atoms with van der Waals surface area (Å²) in [5, 5.41) is 9.64. The fourth-order valence-corrected chi connectivity index (χ4v) is 3.40. The molecule has 2 aromatic carbocycles. The first-order chi connectivity index (χ1) is 13.2. The number of para-hydroxylation sites is 1. The van der Waals surface area contributed by atoms with Crippen LogP contribution in [0.3, 0.4) is 0 Å². The molecule has 27 heavy (non-hydrogen) atoms. The number of guanidine groups is 1. The molecule has 0 aliphatic carbocycles. The van der Waals surface area contributed by atoms with E-state index < -0.39 is 0 Å². The van der Waals surface area contributed by atoms with Crippen LogP contribution in [-0.2, 0) is 11.2 Å². The van der Waals surface area contributed by atoms with E-state index in [2.05, 4.69) is 60.1 Å². The SMILES string of the molecule is CCNC(=NCC1CC(=O)Nc2ccccc21)NCCc1cccc(C)c1. The molecule has 0 saturated heterocycles. The molecule has 1 amide bonds. The third kappa shape index (κ3) is 5.33. The highest BCUT2D eigenvalue weighted by molar-refractivity contribution is 5.94. The fraction of sp³-hybridized carbons (Fsp3) is 0.364. The zero-order valence-corrected chi connectivity index (χ0v) is 16.1. The van der Waals surface area contributed by atoms with Gasteiger partial charge in [-0.25, -0.2) is 0 Å². The summed E-state index contributed by atoms with van der Waals surface area (Å²) in [6.45, 7) is 6.38. The molecule has 0 saturated carbocycles. The van der Waals surface area contributed by atoms with Gasteiger partial charge in [-0.1, -0.05) is 48.0 Å². The Kier molecular flexibility index (Phi) is 6.47. The third-order valence-electron chi connectivity index (χ3n) is 4.71. The molecule has 0 radical (unpaired) electrons. The third-order valence-corrected chi connectivity index (χ3v) is 4.71. The van der Waals surface area contributed by atoms with E-state index in [1.807, 2.05) is 18.2 Å². The first-order valence-electron chi connectivity index (χ1n) is 9.62. The van der Waals surface area contributed by atoms with Crippen molar-refractivity contribution in [2.75, 3.05) is 25.0 Å². The number of hydrogen-bond donors (Lipinski definition) is 3. The minimum Gasteiger partial charge on any atom is -0.357 e. The zero-order valence-electron chi connectivity index (χ0n) is 16.1. The second kappa shape index (κ2) is 9.21. The Bertz CT molecular complexity index is 815. The maximum atomic E-state index is 12.0. The lowest BCUT2D eigenvalue weighted by Crippen LogP contribution is -2.38. The molecule has 0 bridgehead atoms. The van der Waals surface area contributed by atoms with Crippen LogP contribution in [0.4, 0.5) is 5.69 Å². The summed E-state index contributed by atoms with van der Waals surface area (Å²) in [5.41, 5.74) is 4.67. The highest BCUT2D eigenvalue weighted by Crippen LogP contribution is 2.31. The molecule has 1 unspecified atom stereocenters. The molecule has 0 spiro atoms. The minimum atomic E-state index is 0.0614. The highest BCUT2D eigenvalue weighted by Gasteiger charge is 2.24. The Morgan fingerprint density at radius 1 is 1.19 bits per heavy atom. The van der Waals surface area contributed by atoms with E-state index in [9.17, 15) is 4.79 Å². The number of amides is 1. The Hall–Kier alpha value is -2.82. The Morgan fingerprint density at radius 2 is 2.04 bits per heavy atom. The molecule has 1 aliphatic rings. The Balaban J connectivity index is 1.61. The molecule has 0 fully saturated rings. The van der Waals surface area contributed by atoms with Crippen LogP contribution >= 0.6 is 0 Å². The Labute approximate surface area is 161 Å². The number of aliphatic imine (C=N–C) groups is 1. The average molecular weight is 364 g/mol. The van der Waals surface area contributed by atoms with E-state index in [1.165, 1.54) is 11.1 Å². The molecule has 0 aromatic heterocycles. The number of nitrogens with one attached hydrogen (secondary N) is 3. The van der Waals surface area contributed by atoms with Gasteiger partial charge in [-0.3, -0.25) is 9.79 Å². The van der Waals surface area contributed by atoms with Gasteiger partial charge in [0.1, 0.15) is 0 Å². The van der Waals surface area contributed by atoms with Crippen LogP contribution < -0.4 is 16.0 Å².